The van der Waals surface area contributed by atoms with Crippen LogP contribution in [0, 0.1) is 6.92 Å². The number of nitrogens with zero attached hydrogens (tertiary/aromatic N) is 2. The zero-order valence-electron chi connectivity index (χ0n) is 9.60. The smallest absolute Gasteiger partial charge is 0.236 e. The summed E-state index contributed by atoms with van der Waals surface area (Å²) in [7, 11) is 0. The number of pyridine rings is 1. The molecule has 0 aromatic carbocycles. The van der Waals surface area contributed by atoms with E-state index >= 15 is 0 Å². The fourth-order valence-electron chi connectivity index (χ4n) is 1.57. The summed E-state index contributed by atoms with van der Waals surface area (Å²) in [6, 6.07) is 1.85. The SMILES string of the molecule is CCN(CC(N)=O)c1ncc(CO)cc1C. The Kier molecular flexibility index (Phi) is 4.25. The van der Waals surface area contributed by atoms with Crippen molar-refractivity contribution in [3.05, 3.63) is 23.4 Å². The molecule has 1 rings (SSSR count). The summed E-state index contributed by atoms with van der Waals surface area (Å²) in [6.07, 6.45) is 1.60. The van der Waals surface area contributed by atoms with Crippen molar-refractivity contribution < 1.29 is 9.90 Å². The van der Waals surface area contributed by atoms with E-state index in [4.69, 9.17) is 10.8 Å². The van der Waals surface area contributed by atoms with E-state index in [1.54, 1.807) is 11.1 Å². The fraction of sp³-hybridized carbons (Fsp3) is 0.455. The first-order valence-electron chi connectivity index (χ1n) is 5.18. The molecule has 0 spiro atoms. The van der Waals surface area contributed by atoms with Crippen LogP contribution in [0.15, 0.2) is 12.3 Å². The van der Waals surface area contributed by atoms with Crippen LogP contribution in [0.25, 0.3) is 0 Å². The molecule has 1 aromatic rings. The van der Waals surface area contributed by atoms with Crippen molar-refractivity contribution in [3.63, 3.8) is 0 Å². The number of hydrogen-bond acceptors (Lipinski definition) is 4. The first-order chi connectivity index (χ1) is 7.58. The Morgan fingerprint density at radius 3 is 2.75 bits per heavy atom. The highest BCUT2D eigenvalue weighted by Crippen LogP contribution is 2.17. The molecule has 0 aliphatic heterocycles. The summed E-state index contributed by atoms with van der Waals surface area (Å²) >= 11 is 0. The molecular weight excluding hydrogens is 206 g/mol. The standard InChI is InChI=1S/C11H17N3O2/c1-3-14(6-10(12)16)11-8(2)4-9(7-15)5-13-11/h4-5,15H,3,6-7H2,1-2H3,(H2,12,16). The topological polar surface area (TPSA) is 79.5 Å². The van der Waals surface area contributed by atoms with E-state index < -0.39 is 0 Å². The molecule has 0 radical (unpaired) electrons. The average Bonchev–Trinajstić information content (AvgIpc) is 2.25. The highest BCUT2D eigenvalue weighted by atomic mass is 16.3. The van der Waals surface area contributed by atoms with Gasteiger partial charge in [-0.1, -0.05) is 0 Å². The van der Waals surface area contributed by atoms with Gasteiger partial charge in [-0.05, 0) is 31.0 Å². The molecule has 0 saturated heterocycles. The summed E-state index contributed by atoms with van der Waals surface area (Å²) in [4.78, 5) is 16.9. The number of nitrogens with two attached hydrogens (primary N) is 1. The van der Waals surface area contributed by atoms with Crippen LogP contribution in [0.1, 0.15) is 18.1 Å². The number of aryl methyl sites for hydroxylation is 1. The molecule has 0 atom stereocenters. The van der Waals surface area contributed by atoms with Gasteiger partial charge in [0.25, 0.3) is 0 Å². The van der Waals surface area contributed by atoms with Crippen molar-refractivity contribution in [3.8, 4) is 0 Å². The number of amides is 1. The molecule has 0 fully saturated rings. The van der Waals surface area contributed by atoms with E-state index in [2.05, 4.69) is 4.98 Å². The molecular formula is C11H17N3O2. The monoisotopic (exact) mass is 223 g/mol. The molecule has 1 aromatic heterocycles. The molecule has 5 nitrogen and oxygen atoms in total. The first kappa shape index (κ1) is 12.4. The molecule has 0 bridgehead atoms. The molecule has 1 amide bonds. The minimum Gasteiger partial charge on any atom is -0.392 e. The minimum absolute atomic E-state index is 0.0317. The number of likely N-dealkylation sites (N-methyl/N-ethyl adjacent to an activating group) is 1. The molecule has 5 heteroatoms. The average molecular weight is 223 g/mol. The molecule has 16 heavy (non-hydrogen) atoms. The van der Waals surface area contributed by atoms with Crippen LogP contribution >= 0.6 is 0 Å². The predicted octanol–water partition coefficient (Wildman–Crippen LogP) is 0.194. The van der Waals surface area contributed by atoms with Crippen molar-refractivity contribution in [2.24, 2.45) is 5.73 Å². The summed E-state index contributed by atoms with van der Waals surface area (Å²) in [5.41, 5.74) is 6.85. The molecule has 88 valence electrons. The van der Waals surface area contributed by atoms with E-state index in [-0.39, 0.29) is 19.1 Å². The van der Waals surface area contributed by atoms with Gasteiger partial charge in [0.2, 0.25) is 5.91 Å². The van der Waals surface area contributed by atoms with E-state index in [0.29, 0.717) is 6.54 Å². The molecule has 0 aliphatic rings. The maximum absolute atomic E-state index is 10.9. The Morgan fingerprint density at radius 1 is 1.62 bits per heavy atom. The Hall–Kier alpha value is -1.62. The van der Waals surface area contributed by atoms with E-state index in [9.17, 15) is 4.79 Å². The predicted molar refractivity (Wildman–Crippen MR) is 62.0 cm³/mol. The largest absolute Gasteiger partial charge is 0.392 e. The van der Waals surface area contributed by atoms with Crippen LogP contribution in [0.4, 0.5) is 5.82 Å². The van der Waals surface area contributed by atoms with Crippen molar-refractivity contribution in [1.29, 1.82) is 0 Å². The lowest BCUT2D eigenvalue weighted by Gasteiger charge is -2.22. The van der Waals surface area contributed by atoms with Gasteiger partial charge in [0.15, 0.2) is 0 Å². The number of primary amides is 1. The molecule has 0 aliphatic carbocycles. The van der Waals surface area contributed by atoms with Crippen LogP contribution in [-0.2, 0) is 11.4 Å². The lowest BCUT2D eigenvalue weighted by molar-refractivity contribution is -0.116. The zero-order chi connectivity index (χ0) is 12.1. The summed E-state index contributed by atoms with van der Waals surface area (Å²) in [5, 5.41) is 8.97. The molecule has 0 saturated carbocycles. The van der Waals surface area contributed by atoms with Crippen LogP contribution in [0.3, 0.4) is 0 Å². The number of aromatic nitrogens is 1. The first-order valence-corrected chi connectivity index (χ1v) is 5.18. The third-order valence-corrected chi connectivity index (χ3v) is 2.32. The second-order valence-electron chi connectivity index (χ2n) is 3.62. The number of hydrogen-bond donors (Lipinski definition) is 2. The van der Waals surface area contributed by atoms with Gasteiger partial charge in [0, 0.05) is 12.7 Å². The Balaban J connectivity index is 2.96. The van der Waals surface area contributed by atoms with Crippen molar-refractivity contribution in [1.82, 2.24) is 4.98 Å². The maximum atomic E-state index is 10.9. The number of aliphatic hydroxyl groups excluding tert-OH is 1. The van der Waals surface area contributed by atoms with Gasteiger partial charge in [-0.25, -0.2) is 4.98 Å². The Bertz CT molecular complexity index is 379. The summed E-state index contributed by atoms with van der Waals surface area (Å²) in [6.45, 7) is 4.61. The van der Waals surface area contributed by atoms with Gasteiger partial charge < -0.3 is 15.7 Å². The van der Waals surface area contributed by atoms with Gasteiger partial charge in [-0.2, -0.15) is 0 Å². The Labute approximate surface area is 94.9 Å². The lowest BCUT2D eigenvalue weighted by Crippen LogP contribution is -2.34. The maximum Gasteiger partial charge on any atom is 0.236 e. The van der Waals surface area contributed by atoms with E-state index in [1.807, 2.05) is 19.9 Å². The van der Waals surface area contributed by atoms with Gasteiger partial charge in [-0.3, -0.25) is 4.79 Å². The molecule has 3 N–H and O–H groups in total. The third-order valence-electron chi connectivity index (χ3n) is 2.32. The highest BCUT2D eigenvalue weighted by molar-refractivity contribution is 5.79. The van der Waals surface area contributed by atoms with Crippen LogP contribution in [0.2, 0.25) is 0 Å². The number of anilines is 1. The van der Waals surface area contributed by atoms with E-state index in [1.165, 1.54) is 0 Å². The minimum atomic E-state index is -0.380. The third kappa shape index (κ3) is 2.93. The molecule has 1 heterocycles. The summed E-state index contributed by atoms with van der Waals surface area (Å²) in [5.74, 6) is 0.354. The number of aliphatic hydroxyl groups is 1. The van der Waals surface area contributed by atoms with Gasteiger partial charge in [0.05, 0.1) is 13.2 Å². The van der Waals surface area contributed by atoms with Gasteiger partial charge in [-0.15, -0.1) is 0 Å². The highest BCUT2D eigenvalue weighted by Gasteiger charge is 2.11. The number of carbonyl (C=O) groups is 1. The quantitative estimate of drug-likeness (QED) is 0.747. The van der Waals surface area contributed by atoms with Crippen LogP contribution < -0.4 is 10.6 Å². The van der Waals surface area contributed by atoms with Gasteiger partial charge >= 0.3 is 0 Å². The number of carbonyl (C=O) groups excluding carboxylic acids is 1. The zero-order valence-corrected chi connectivity index (χ0v) is 9.60. The normalized spacial score (nSPS) is 10.2. The number of rotatable bonds is 5. The van der Waals surface area contributed by atoms with Crippen molar-refractivity contribution >= 4 is 11.7 Å². The molecule has 0 unspecified atom stereocenters. The van der Waals surface area contributed by atoms with E-state index in [0.717, 1.165) is 16.9 Å². The second kappa shape index (κ2) is 5.46. The van der Waals surface area contributed by atoms with Crippen molar-refractivity contribution in [2.75, 3.05) is 18.0 Å². The van der Waals surface area contributed by atoms with Crippen LogP contribution in [0.5, 0.6) is 0 Å². The summed E-state index contributed by atoms with van der Waals surface area (Å²) < 4.78 is 0. The fourth-order valence-corrected chi connectivity index (χ4v) is 1.57. The lowest BCUT2D eigenvalue weighted by atomic mass is 10.2. The Morgan fingerprint density at radius 2 is 2.31 bits per heavy atom. The van der Waals surface area contributed by atoms with Crippen LogP contribution in [-0.4, -0.2) is 29.1 Å². The van der Waals surface area contributed by atoms with Crippen molar-refractivity contribution in [2.45, 2.75) is 20.5 Å². The second-order valence-corrected chi connectivity index (χ2v) is 3.62. The van der Waals surface area contributed by atoms with Gasteiger partial charge in [0.1, 0.15) is 5.82 Å².